The topological polar surface area (TPSA) is 89.2 Å². The molecular formula is C15H21N5O3S. The second-order valence-corrected chi connectivity index (χ2v) is 8.01. The molecule has 0 aromatic carbocycles. The van der Waals surface area contributed by atoms with Crippen molar-refractivity contribution >= 4 is 15.9 Å². The van der Waals surface area contributed by atoms with Gasteiger partial charge in [0.1, 0.15) is 5.69 Å². The van der Waals surface area contributed by atoms with Crippen molar-refractivity contribution in [2.24, 2.45) is 7.05 Å². The van der Waals surface area contributed by atoms with Crippen LogP contribution in [0, 0.1) is 0 Å². The average Bonchev–Trinajstić information content (AvgIpc) is 3.14. The first-order valence-electron chi connectivity index (χ1n) is 7.73. The number of fused-ring (bicyclic) bond motifs is 1. The van der Waals surface area contributed by atoms with E-state index in [1.165, 1.54) is 10.6 Å². The van der Waals surface area contributed by atoms with Gasteiger partial charge in [-0.1, -0.05) is 0 Å². The van der Waals surface area contributed by atoms with Crippen LogP contribution in [0.4, 0.5) is 0 Å². The fraction of sp³-hybridized carbons (Fsp3) is 0.467. The van der Waals surface area contributed by atoms with Gasteiger partial charge in [-0.15, -0.1) is 0 Å². The molecule has 1 atom stereocenters. The minimum absolute atomic E-state index is 0.0906. The summed E-state index contributed by atoms with van der Waals surface area (Å²) >= 11 is 0. The van der Waals surface area contributed by atoms with Crippen LogP contribution in [0.5, 0.6) is 0 Å². The maximum absolute atomic E-state index is 12.1. The van der Waals surface area contributed by atoms with Crippen LogP contribution in [0.3, 0.4) is 0 Å². The largest absolute Gasteiger partial charge is 0.351 e. The zero-order valence-electron chi connectivity index (χ0n) is 13.7. The summed E-state index contributed by atoms with van der Waals surface area (Å²) in [5.41, 5.74) is 1.46. The van der Waals surface area contributed by atoms with E-state index in [0.717, 1.165) is 5.69 Å². The first kappa shape index (κ1) is 16.7. The highest BCUT2D eigenvalue weighted by molar-refractivity contribution is 7.88. The summed E-state index contributed by atoms with van der Waals surface area (Å²) < 4.78 is 28.8. The van der Waals surface area contributed by atoms with Gasteiger partial charge >= 0.3 is 0 Å². The molecule has 24 heavy (non-hydrogen) atoms. The summed E-state index contributed by atoms with van der Waals surface area (Å²) in [4.78, 5) is 12.1. The van der Waals surface area contributed by atoms with E-state index in [1.54, 1.807) is 16.8 Å². The lowest BCUT2D eigenvalue weighted by atomic mass is 10.1. The third-order valence-electron chi connectivity index (χ3n) is 4.26. The van der Waals surface area contributed by atoms with E-state index in [-0.39, 0.29) is 11.9 Å². The van der Waals surface area contributed by atoms with Crippen molar-refractivity contribution in [1.29, 1.82) is 0 Å². The van der Waals surface area contributed by atoms with Gasteiger partial charge < -0.3 is 9.88 Å². The summed E-state index contributed by atoms with van der Waals surface area (Å²) in [5.74, 6) is -0.140. The molecule has 0 spiro atoms. The molecule has 1 aliphatic heterocycles. The zero-order chi connectivity index (χ0) is 17.3. The van der Waals surface area contributed by atoms with Crippen molar-refractivity contribution in [3.05, 3.63) is 42.0 Å². The first-order valence-corrected chi connectivity index (χ1v) is 9.58. The quantitative estimate of drug-likeness (QED) is 0.842. The normalized spacial score (nSPS) is 18.3. The predicted octanol–water partition coefficient (Wildman–Crippen LogP) is 0.358. The van der Waals surface area contributed by atoms with Gasteiger partial charge in [-0.2, -0.15) is 9.40 Å². The van der Waals surface area contributed by atoms with Crippen LogP contribution in [-0.2, 0) is 23.6 Å². The molecule has 1 unspecified atom stereocenters. The number of carbonyl (C=O) groups excluding carboxylic acids is 1. The number of amides is 1. The number of aryl methyl sites for hydroxylation is 1. The second-order valence-electron chi connectivity index (χ2n) is 6.03. The molecule has 3 rings (SSSR count). The molecule has 8 nitrogen and oxygen atoms in total. The van der Waals surface area contributed by atoms with Gasteiger partial charge in [0, 0.05) is 32.5 Å². The SMILES string of the molecule is Cn1cccc1C(=O)NCCC1CN(S(C)(=O)=O)Cc2ccnn21. The van der Waals surface area contributed by atoms with E-state index in [9.17, 15) is 13.2 Å². The van der Waals surface area contributed by atoms with Crippen molar-refractivity contribution in [3.8, 4) is 0 Å². The molecule has 9 heteroatoms. The second kappa shape index (κ2) is 6.40. The van der Waals surface area contributed by atoms with Gasteiger partial charge in [-0.05, 0) is 24.6 Å². The molecule has 1 N–H and O–H groups in total. The third kappa shape index (κ3) is 3.36. The molecular weight excluding hydrogens is 330 g/mol. The van der Waals surface area contributed by atoms with Gasteiger partial charge in [-0.25, -0.2) is 8.42 Å². The molecule has 1 amide bonds. The van der Waals surface area contributed by atoms with Crippen LogP contribution in [-0.4, -0.2) is 52.3 Å². The van der Waals surface area contributed by atoms with Crippen LogP contribution >= 0.6 is 0 Å². The maximum Gasteiger partial charge on any atom is 0.267 e. The highest BCUT2D eigenvalue weighted by Crippen LogP contribution is 2.24. The van der Waals surface area contributed by atoms with Crippen molar-refractivity contribution in [3.63, 3.8) is 0 Å². The molecule has 1 aliphatic rings. The monoisotopic (exact) mass is 351 g/mol. The van der Waals surface area contributed by atoms with E-state index in [2.05, 4.69) is 10.4 Å². The van der Waals surface area contributed by atoms with Gasteiger partial charge in [0.2, 0.25) is 10.0 Å². The lowest BCUT2D eigenvalue weighted by Crippen LogP contribution is -2.41. The summed E-state index contributed by atoms with van der Waals surface area (Å²) in [7, 11) is -1.44. The molecule has 130 valence electrons. The Labute approximate surface area is 141 Å². The Balaban J connectivity index is 1.64. The van der Waals surface area contributed by atoms with Crippen LogP contribution in [0.15, 0.2) is 30.6 Å². The Morgan fingerprint density at radius 1 is 1.42 bits per heavy atom. The number of rotatable bonds is 5. The van der Waals surface area contributed by atoms with E-state index in [1.807, 2.05) is 30.1 Å². The predicted molar refractivity (Wildman–Crippen MR) is 88.9 cm³/mol. The highest BCUT2D eigenvalue weighted by Gasteiger charge is 2.30. The highest BCUT2D eigenvalue weighted by atomic mass is 32.2. The van der Waals surface area contributed by atoms with Crippen LogP contribution in [0.2, 0.25) is 0 Å². The van der Waals surface area contributed by atoms with Crippen molar-refractivity contribution < 1.29 is 13.2 Å². The van der Waals surface area contributed by atoms with Crippen LogP contribution < -0.4 is 5.32 Å². The van der Waals surface area contributed by atoms with Gasteiger partial charge in [0.15, 0.2) is 0 Å². The van der Waals surface area contributed by atoms with Gasteiger partial charge in [-0.3, -0.25) is 9.48 Å². The lowest BCUT2D eigenvalue weighted by Gasteiger charge is -2.32. The van der Waals surface area contributed by atoms with Crippen molar-refractivity contribution in [2.45, 2.75) is 19.0 Å². The minimum Gasteiger partial charge on any atom is -0.351 e. The molecule has 2 aromatic heterocycles. The fourth-order valence-electron chi connectivity index (χ4n) is 2.96. The Morgan fingerprint density at radius 3 is 2.88 bits per heavy atom. The number of nitrogens with zero attached hydrogens (tertiary/aromatic N) is 4. The molecule has 0 saturated heterocycles. The van der Waals surface area contributed by atoms with Gasteiger partial charge in [0.05, 0.1) is 24.5 Å². The number of hydrogen-bond donors (Lipinski definition) is 1. The van der Waals surface area contributed by atoms with E-state index in [4.69, 9.17) is 0 Å². The van der Waals surface area contributed by atoms with E-state index in [0.29, 0.717) is 31.7 Å². The molecule has 0 saturated carbocycles. The number of nitrogens with one attached hydrogen (secondary N) is 1. The van der Waals surface area contributed by atoms with E-state index < -0.39 is 10.0 Å². The van der Waals surface area contributed by atoms with Crippen molar-refractivity contribution in [1.82, 2.24) is 24.0 Å². The number of sulfonamides is 1. The molecule has 0 aliphatic carbocycles. The molecule has 3 heterocycles. The van der Waals surface area contributed by atoms with E-state index >= 15 is 0 Å². The first-order chi connectivity index (χ1) is 11.4. The van der Waals surface area contributed by atoms with Gasteiger partial charge in [0.25, 0.3) is 5.91 Å². The molecule has 0 fully saturated rings. The third-order valence-corrected chi connectivity index (χ3v) is 5.48. The molecule has 0 bridgehead atoms. The lowest BCUT2D eigenvalue weighted by molar-refractivity contribution is 0.0941. The Hall–Kier alpha value is -2.13. The van der Waals surface area contributed by atoms with Crippen molar-refractivity contribution in [2.75, 3.05) is 19.3 Å². The number of hydrogen-bond acceptors (Lipinski definition) is 4. The van der Waals surface area contributed by atoms with Crippen LogP contribution in [0.1, 0.15) is 28.6 Å². The Bertz CT molecular complexity index is 839. The summed E-state index contributed by atoms with van der Waals surface area (Å²) in [6, 6.07) is 5.31. The summed E-state index contributed by atoms with van der Waals surface area (Å²) in [5, 5.41) is 7.18. The zero-order valence-corrected chi connectivity index (χ0v) is 14.5. The molecule has 0 radical (unpaired) electrons. The fourth-order valence-corrected chi connectivity index (χ4v) is 3.77. The summed E-state index contributed by atoms with van der Waals surface area (Å²) in [6.07, 6.45) is 5.32. The summed E-state index contributed by atoms with van der Waals surface area (Å²) in [6.45, 7) is 1.16. The van der Waals surface area contributed by atoms with Crippen LogP contribution in [0.25, 0.3) is 0 Å². The molecule has 2 aromatic rings. The number of carbonyl (C=O) groups is 1. The maximum atomic E-state index is 12.1. The minimum atomic E-state index is -3.26. The standard InChI is InChI=1S/C15H21N5O3S/c1-18-9-3-4-14(18)15(21)16-7-5-12-10-19(24(2,22)23)11-13-6-8-17-20(12)13/h3-4,6,8-9,12H,5,7,10-11H2,1-2H3,(H,16,21). The Kier molecular flexibility index (Phi) is 4.46. The average molecular weight is 351 g/mol. The number of aromatic nitrogens is 3. The Morgan fingerprint density at radius 2 is 2.21 bits per heavy atom. The smallest absolute Gasteiger partial charge is 0.267 e.